The molecule has 0 amide bonds. The maximum atomic E-state index is 13.2. The molecule has 0 aromatic rings. The standard InChI is InChI=1S/C25H37NO4/c1-15(2)8-9-30-26-13-23-12-19-17(5)6-7-20(19)24(14-27)11-18(23)10-21(16(3)4)25(23,24)22(28)29/h10,13-20H,6-9,11-12H2,1-5H3,(H,28,29)/b26-13+/t17-,18+,19-,20-,23+,24+,25-/m1/s1. The minimum absolute atomic E-state index is 0.0337. The van der Waals surface area contributed by atoms with Gasteiger partial charge in [-0.25, -0.2) is 0 Å². The number of hydrogen-bond donors (Lipinski definition) is 1. The third-order valence-corrected chi connectivity index (χ3v) is 9.14. The minimum atomic E-state index is -1.20. The van der Waals surface area contributed by atoms with Gasteiger partial charge in [0.1, 0.15) is 18.3 Å². The van der Waals surface area contributed by atoms with Crippen LogP contribution in [0.2, 0.25) is 0 Å². The van der Waals surface area contributed by atoms with Crippen molar-refractivity contribution >= 4 is 18.5 Å². The summed E-state index contributed by atoms with van der Waals surface area (Å²) in [6.07, 6.45) is 9.41. The molecule has 5 nitrogen and oxygen atoms in total. The molecule has 0 unspecified atom stereocenters. The summed E-state index contributed by atoms with van der Waals surface area (Å²) < 4.78 is 0. The van der Waals surface area contributed by atoms with Gasteiger partial charge in [-0.3, -0.25) is 4.79 Å². The topological polar surface area (TPSA) is 76.0 Å². The molecule has 7 atom stereocenters. The van der Waals surface area contributed by atoms with Crippen LogP contribution in [-0.4, -0.2) is 30.2 Å². The summed E-state index contributed by atoms with van der Waals surface area (Å²) in [7, 11) is 0. The number of fused-ring (bicyclic) bond motifs is 2. The van der Waals surface area contributed by atoms with Gasteiger partial charge in [0.05, 0.1) is 11.6 Å². The minimum Gasteiger partial charge on any atom is -0.481 e. The van der Waals surface area contributed by atoms with Crippen molar-refractivity contribution in [1.82, 2.24) is 0 Å². The van der Waals surface area contributed by atoms with Gasteiger partial charge in [-0.2, -0.15) is 0 Å². The molecule has 3 fully saturated rings. The highest BCUT2D eigenvalue weighted by Crippen LogP contribution is 2.82. The predicted molar refractivity (Wildman–Crippen MR) is 116 cm³/mol. The van der Waals surface area contributed by atoms with E-state index in [9.17, 15) is 14.7 Å². The van der Waals surface area contributed by atoms with E-state index in [1.807, 2.05) is 6.21 Å². The van der Waals surface area contributed by atoms with E-state index in [2.05, 4.69) is 45.9 Å². The Kier molecular flexibility index (Phi) is 5.18. The Morgan fingerprint density at radius 3 is 2.60 bits per heavy atom. The van der Waals surface area contributed by atoms with Gasteiger partial charge in [0, 0.05) is 5.41 Å². The molecule has 4 rings (SSSR count). The van der Waals surface area contributed by atoms with Gasteiger partial charge in [-0.1, -0.05) is 57.8 Å². The highest BCUT2D eigenvalue weighted by atomic mass is 16.6. The molecule has 30 heavy (non-hydrogen) atoms. The van der Waals surface area contributed by atoms with Crippen LogP contribution in [0.1, 0.15) is 66.7 Å². The van der Waals surface area contributed by atoms with E-state index in [1.165, 1.54) is 0 Å². The molecule has 3 saturated carbocycles. The van der Waals surface area contributed by atoms with Gasteiger partial charge >= 0.3 is 5.97 Å². The molecule has 0 aromatic carbocycles. The van der Waals surface area contributed by atoms with Gasteiger partial charge in [-0.15, -0.1) is 0 Å². The zero-order valence-electron chi connectivity index (χ0n) is 19.1. The Morgan fingerprint density at radius 1 is 1.27 bits per heavy atom. The van der Waals surface area contributed by atoms with E-state index in [4.69, 9.17) is 4.84 Å². The smallest absolute Gasteiger partial charge is 0.315 e. The Bertz CT molecular complexity index is 786. The van der Waals surface area contributed by atoms with E-state index >= 15 is 0 Å². The quantitative estimate of drug-likeness (QED) is 0.200. The van der Waals surface area contributed by atoms with Crippen molar-refractivity contribution in [2.45, 2.75) is 66.7 Å². The fourth-order valence-electron chi connectivity index (χ4n) is 7.96. The molecule has 0 spiro atoms. The lowest BCUT2D eigenvalue weighted by atomic mass is 9.43. The van der Waals surface area contributed by atoms with Crippen molar-refractivity contribution in [2.75, 3.05) is 6.61 Å². The van der Waals surface area contributed by atoms with Crippen LogP contribution < -0.4 is 0 Å². The van der Waals surface area contributed by atoms with Crippen LogP contribution in [0.5, 0.6) is 0 Å². The van der Waals surface area contributed by atoms with Gasteiger partial charge in [-0.05, 0) is 61.2 Å². The van der Waals surface area contributed by atoms with E-state index in [0.29, 0.717) is 30.8 Å². The van der Waals surface area contributed by atoms with Crippen LogP contribution in [0.25, 0.3) is 0 Å². The third kappa shape index (κ3) is 2.44. The van der Waals surface area contributed by atoms with Crippen LogP contribution in [0, 0.1) is 51.8 Å². The third-order valence-electron chi connectivity index (χ3n) is 9.14. The maximum absolute atomic E-state index is 13.2. The molecule has 0 aliphatic heterocycles. The first-order chi connectivity index (χ1) is 14.2. The summed E-state index contributed by atoms with van der Waals surface area (Å²) in [6.45, 7) is 11.2. The lowest BCUT2D eigenvalue weighted by Crippen LogP contribution is -2.63. The van der Waals surface area contributed by atoms with Gasteiger partial charge in [0.15, 0.2) is 0 Å². The number of carboxylic acid groups (broad SMARTS) is 1. The van der Waals surface area contributed by atoms with Crippen LogP contribution in [0.15, 0.2) is 16.8 Å². The Balaban J connectivity index is 1.84. The molecule has 4 bridgehead atoms. The number of aldehydes is 1. The second kappa shape index (κ2) is 7.20. The van der Waals surface area contributed by atoms with Crippen molar-refractivity contribution in [3.05, 3.63) is 11.6 Å². The average molecular weight is 416 g/mol. The van der Waals surface area contributed by atoms with Crippen molar-refractivity contribution in [2.24, 2.45) is 56.9 Å². The number of rotatable bonds is 8. The first kappa shape index (κ1) is 21.6. The number of carbonyl (C=O) groups excluding carboxylic acids is 1. The molecule has 0 aromatic heterocycles. The SMILES string of the molecule is CC(C)CCO/N=C/[C@@]12C[C@@H]3[C@H](C)CC[C@H]3[C@@]3(C=O)C[C@@H]1C=C(C(C)C)[C@]32C(=O)O. The molecular weight excluding hydrogens is 378 g/mol. The Hall–Kier alpha value is -1.65. The predicted octanol–water partition coefficient (Wildman–Crippen LogP) is 4.96. The van der Waals surface area contributed by atoms with Crippen molar-refractivity contribution in [1.29, 1.82) is 0 Å². The number of allylic oxidation sites excluding steroid dienone is 1. The zero-order valence-corrected chi connectivity index (χ0v) is 19.1. The van der Waals surface area contributed by atoms with E-state index < -0.39 is 22.2 Å². The molecule has 4 aliphatic carbocycles. The van der Waals surface area contributed by atoms with Crippen molar-refractivity contribution < 1.29 is 19.5 Å². The average Bonchev–Trinajstić information content (AvgIpc) is 3.24. The zero-order chi connectivity index (χ0) is 21.9. The second-order valence-electron chi connectivity index (χ2n) is 11.1. The normalized spacial score (nSPS) is 44.0. The fraction of sp³-hybridized carbons (Fsp3) is 0.800. The van der Waals surface area contributed by atoms with Crippen molar-refractivity contribution in [3.8, 4) is 0 Å². The highest BCUT2D eigenvalue weighted by molar-refractivity contribution is 5.96. The maximum Gasteiger partial charge on any atom is 0.315 e. The monoisotopic (exact) mass is 415 g/mol. The van der Waals surface area contributed by atoms with Gasteiger partial charge in [0.25, 0.3) is 0 Å². The Labute approximate surface area is 180 Å². The summed E-state index contributed by atoms with van der Waals surface area (Å²) in [5.41, 5.74) is -1.77. The molecule has 0 saturated heterocycles. The van der Waals surface area contributed by atoms with Gasteiger partial charge < -0.3 is 14.7 Å². The fourth-order valence-corrected chi connectivity index (χ4v) is 7.96. The van der Waals surface area contributed by atoms with E-state index in [1.54, 1.807) is 0 Å². The summed E-state index contributed by atoms with van der Waals surface area (Å²) >= 11 is 0. The Morgan fingerprint density at radius 2 is 2.00 bits per heavy atom. The van der Waals surface area contributed by atoms with Crippen LogP contribution in [0.4, 0.5) is 0 Å². The number of hydrogen-bond acceptors (Lipinski definition) is 4. The molecule has 0 heterocycles. The highest BCUT2D eigenvalue weighted by Gasteiger charge is 2.84. The lowest BCUT2D eigenvalue weighted by molar-refractivity contribution is -0.173. The van der Waals surface area contributed by atoms with Crippen LogP contribution in [0.3, 0.4) is 0 Å². The van der Waals surface area contributed by atoms with E-state index in [-0.39, 0.29) is 17.8 Å². The number of carbonyl (C=O) groups is 2. The van der Waals surface area contributed by atoms with Crippen LogP contribution >= 0.6 is 0 Å². The number of oxime groups is 1. The summed E-state index contributed by atoms with van der Waals surface area (Å²) in [5, 5.41) is 15.2. The molecule has 166 valence electrons. The van der Waals surface area contributed by atoms with Crippen molar-refractivity contribution in [3.63, 3.8) is 0 Å². The number of carboxylic acids is 1. The molecular formula is C25H37NO4. The first-order valence-electron chi connectivity index (χ1n) is 11.8. The summed E-state index contributed by atoms with van der Waals surface area (Å²) in [4.78, 5) is 31.7. The summed E-state index contributed by atoms with van der Waals surface area (Å²) in [6, 6.07) is 0. The molecule has 1 N–H and O–H groups in total. The lowest BCUT2D eigenvalue weighted by Gasteiger charge is -2.57. The summed E-state index contributed by atoms with van der Waals surface area (Å²) in [5.74, 6) is 0.822. The first-order valence-corrected chi connectivity index (χ1v) is 11.8. The molecule has 0 radical (unpaired) electrons. The second-order valence-corrected chi connectivity index (χ2v) is 11.1. The number of nitrogens with zero attached hydrogens (tertiary/aromatic N) is 1. The van der Waals surface area contributed by atoms with Crippen LogP contribution in [-0.2, 0) is 14.4 Å². The largest absolute Gasteiger partial charge is 0.481 e. The van der Waals surface area contributed by atoms with E-state index in [0.717, 1.165) is 37.5 Å². The number of aliphatic carboxylic acids is 1. The van der Waals surface area contributed by atoms with Gasteiger partial charge in [0.2, 0.25) is 0 Å². The molecule has 4 aliphatic rings. The molecule has 5 heteroatoms.